The lowest BCUT2D eigenvalue weighted by atomic mass is 10.2. The van der Waals surface area contributed by atoms with E-state index >= 15 is 0 Å². The van der Waals surface area contributed by atoms with Crippen LogP contribution < -0.4 is 5.32 Å². The Kier molecular flexibility index (Phi) is 5.27. The summed E-state index contributed by atoms with van der Waals surface area (Å²) in [4.78, 5) is 22.3. The Balaban J connectivity index is 1.65. The van der Waals surface area contributed by atoms with E-state index in [2.05, 4.69) is 46.2 Å². The van der Waals surface area contributed by atoms with E-state index in [0.717, 1.165) is 41.2 Å². The van der Waals surface area contributed by atoms with E-state index in [0.29, 0.717) is 12.2 Å². The molecule has 24 heavy (non-hydrogen) atoms. The number of amides is 1. The predicted molar refractivity (Wildman–Crippen MR) is 99.5 cm³/mol. The van der Waals surface area contributed by atoms with Gasteiger partial charge in [-0.2, -0.15) is 0 Å². The van der Waals surface area contributed by atoms with Crippen molar-refractivity contribution in [1.29, 1.82) is 0 Å². The van der Waals surface area contributed by atoms with Gasteiger partial charge in [0.05, 0.1) is 5.69 Å². The third-order valence-corrected chi connectivity index (χ3v) is 4.98. The van der Waals surface area contributed by atoms with Gasteiger partial charge in [0.25, 0.3) is 5.91 Å². The Bertz CT molecular complexity index is 786. The molecule has 0 bridgehead atoms. The van der Waals surface area contributed by atoms with Gasteiger partial charge in [-0.15, -0.1) is 11.3 Å². The fourth-order valence-electron chi connectivity index (χ4n) is 2.65. The first-order chi connectivity index (χ1) is 11.7. The van der Waals surface area contributed by atoms with Crippen molar-refractivity contribution in [2.45, 2.75) is 13.8 Å². The van der Waals surface area contributed by atoms with Crippen LogP contribution in [-0.4, -0.2) is 47.0 Å². The Morgan fingerprint density at radius 1 is 1.29 bits per heavy atom. The minimum absolute atomic E-state index is 0.110. The number of carbonyl (C=O) groups excluding carboxylic acids is 1. The van der Waals surface area contributed by atoms with Gasteiger partial charge >= 0.3 is 0 Å². The second-order valence-corrected chi connectivity index (χ2v) is 6.45. The van der Waals surface area contributed by atoms with Gasteiger partial charge in [0.2, 0.25) is 0 Å². The van der Waals surface area contributed by atoms with Crippen LogP contribution in [-0.2, 0) is 0 Å². The molecule has 2 aromatic heterocycles. The molecule has 126 valence electrons. The van der Waals surface area contributed by atoms with Crippen molar-refractivity contribution >= 4 is 28.1 Å². The number of aromatic amines is 1. The number of fused-ring (bicyclic) bond motifs is 1. The largest absolute Gasteiger partial charge is 0.353 e. The van der Waals surface area contributed by atoms with Crippen molar-refractivity contribution < 1.29 is 4.79 Å². The standard InChI is InChI=1S/C18H22N4OS/c1-3-22(4-2)10-9-19-17(23)16-12-24-18(21-16)15-11-13-7-5-6-8-14(13)20-15/h5-8,11-12,20H,3-4,9-10H2,1-2H3,(H,19,23). The topological polar surface area (TPSA) is 61.0 Å². The van der Waals surface area contributed by atoms with Gasteiger partial charge in [0.1, 0.15) is 10.7 Å². The molecule has 2 heterocycles. The van der Waals surface area contributed by atoms with Crippen molar-refractivity contribution in [1.82, 2.24) is 20.2 Å². The summed E-state index contributed by atoms with van der Waals surface area (Å²) in [6, 6.07) is 10.2. The highest BCUT2D eigenvalue weighted by Gasteiger charge is 2.13. The van der Waals surface area contributed by atoms with E-state index in [9.17, 15) is 4.79 Å². The fourth-order valence-corrected chi connectivity index (χ4v) is 3.42. The first-order valence-corrected chi connectivity index (χ1v) is 9.13. The summed E-state index contributed by atoms with van der Waals surface area (Å²) in [5.41, 5.74) is 2.50. The molecule has 0 saturated heterocycles. The lowest BCUT2D eigenvalue weighted by Gasteiger charge is -2.17. The molecule has 0 spiro atoms. The third kappa shape index (κ3) is 3.66. The highest BCUT2D eigenvalue weighted by molar-refractivity contribution is 7.13. The zero-order valence-electron chi connectivity index (χ0n) is 14.0. The lowest BCUT2D eigenvalue weighted by molar-refractivity contribution is 0.0944. The highest BCUT2D eigenvalue weighted by atomic mass is 32.1. The van der Waals surface area contributed by atoms with E-state index in [1.165, 1.54) is 11.3 Å². The van der Waals surface area contributed by atoms with E-state index in [1.807, 2.05) is 23.6 Å². The Morgan fingerprint density at radius 2 is 2.08 bits per heavy atom. The number of hydrogen-bond donors (Lipinski definition) is 2. The number of nitrogens with zero attached hydrogens (tertiary/aromatic N) is 2. The first kappa shape index (κ1) is 16.7. The molecule has 0 saturated carbocycles. The van der Waals surface area contributed by atoms with Crippen molar-refractivity contribution in [2.24, 2.45) is 0 Å². The summed E-state index contributed by atoms with van der Waals surface area (Å²) in [6.45, 7) is 7.73. The Labute approximate surface area is 145 Å². The summed E-state index contributed by atoms with van der Waals surface area (Å²) in [6.07, 6.45) is 0. The molecule has 0 aliphatic carbocycles. The molecule has 2 N–H and O–H groups in total. The molecule has 1 aromatic carbocycles. The summed E-state index contributed by atoms with van der Waals surface area (Å²) < 4.78 is 0. The number of para-hydroxylation sites is 1. The van der Waals surface area contributed by atoms with Crippen LogP contribution in [0, 0.1) is 0 Å². The van der Waals surface area contributed by atoms with E-state index in [-0.39, 0.29) is 5.91 Å². The normalized spacial score (nSPS) is 11.3. The average Bonchev–Trinajstić information content (AvgIpc) is 3.24. The second kappa shape index (κ2) is 7.59. The monoisotopic (exact) mass is 342 g/mol. The van der Waals surface area contributed by atoms with Crippen LogP contribution in [0.2, 0.25) is 0 Å². The predicted octanol–water partition coefficient (Wildman–Crippen LogP) is 3.36. The van der Waals surface area contributed by atoms with Gasteiger partial charge in [-0.3, -0.25) is 4.79 Å². The minimum Gasteiger partial charge on any atom is -0.353 e. The number of hydrogen-bond acceptors (Lipinski definition) is 4. The molecule has 5 nitrogen and oxygen atoms in total. The number of aromatic nitrogens is 2. The van der Waals surface area contributed by atoms with Crippen molar-refractivity contribution in [3.05, 3.63) is 41.4 Å². The van der Waals surface area contributed by atoms with Gasteiger partial charge in [-0.05, 0) is 25.2 Å². The fraction of sp³-hybridized carbons (Fsp3) is 0.333. The molecular formula is C18H22N4OS. The Morgan fingerprint density at radius 3 is 2.83 bits per heavy atom. The van der Waals surface area contributed by atoms with Crippen LogP contribution in [0.3, 0.4) is 0 Å². The smallest absolute Gasteiger partial charge is 0.270 e. The van der Waals surface area contributed by atoms with Gasteiger partial charge in [-0.1, -0.05) is 32.0 Å². The molecule has 0 radical (unpaired) electrons. The van der Waals surface area contributed by atoms with Crippen LogP contribution in [0.25, 0.3) is 21.6 Å². The second-order valence-electron chi connectivity index (χ2n) is 5.59. The molecule has 0 atom stereocenters. The van der Waals surface area contributed by atoms with E-state index < -0.39 is 0 Å². The number of likely N-dealkylation sites (N-methyl/N-ethyl adjacent to an activating group) is 1. The van der Waals surface area contributed by atoms with Crippen LogP contribution in [0.15, 0.2) is 35.7 Å². The first-order valence-electron chi connectivity index (χ1n) is 8.25. The molecule has 6 heteroatoms. The number of benzene rings is 1. The van der Waals surface area contributed by atoms with Crippen LogP contribution in [0.1, 0.15) is 24.3 Å². The number of rotatable bonds is 7. The SMILES string of the molecule is CCN(CC)CCNC(=O)c1csc(-c2cc3ccccc3[nH]2)n1. The summed E-state index contributed by atoms with van der Waals surface area (Å²) in [5, 5.41) is 6.74. The van der Waals surface area contributed by atoms with E-state index in [1.54, 1.807) is 0 Å². The Hall–Kier alpha value is -2.18. The maximum atomic E-state index is 12.2. The quantitative estimate of drug-likeness (QED) is 0.692. The van der Waals surface area contributed by atoms with Crippen LogP contribution >= 0.6 is 11.3 Å². The van der Waals surface area contributed by atoms with Crippen LogP contribution in [0.4, 0.5) is 0 Å². The van der Waals surface area contributed by atoms with Crippen molar-refractivity contribution in [3.63, 3.8) is 0 Å². The number of carbonyl (C=O) groups is 1. The third-order valence-electron chi connectivity index (χ3n) is 4.11. The minimum atomic E-state index is -0.110. The van der Waals surface area contributed by atoms with Gasteiger partial charge in [-0.25, -0.2) is 4.98 Å². The van der Waals surface area contributed by atoms with Crippen molar-refractivity contribution in [3.8, 4) is 10.7 Å². The van der Waals surface area contributed by atoms with Gasteiger partial charge < -0.3 is 15.2 Å². The molecule has 0 aliphatic rings. The summed E-state index contributed by atoms with van der Waals surface area (Å²) >= 11 is 1.48. The van der Waals surface area contributed by atoms with Gasteiger partial charge in [0.15, 0.2) is 0 Å². The summed E-state index contributed by atoms with van der Waals surface area (Å²) in [5.74, 6) is -0.110. The zero-order valence-corrected chi connectivity index (χ0v) is 14.8. The molecule has 0 aliphatic heterocycles. The van der Waals surface area contributed by atoms with Crippen molar-refractivity contribution in [2.75, 3.05) is 26.2 Å². The summed E-state index contributed by atoms with van der Waals surface area (Å²) in [7, 11) is 0. The average molecular weight is 342 g/mol. The van der Waals surface area contributed by atoms with Gasteiger partial charge in [0, 0.05) is 29.4 Å². The number of thiazole rings is 1. The molecule has 0 unspecified atom stereocenters. The number of H-pyrrole nitrogens is 1. The maximum Gasteiger partial charge on any atom is 0.270 e. The molecule has 1 amide bonds. The highest BCUT2D eigenvalue weighted by Crippen LogP contribution is 2.26. The maximum absolute atomic E-state index is 12.2. The van der Waals surface area contributed by atoms with Crippen LogP contribution in [0.5, 0.6) is 0 Å². The van der Waals surface area contributed by atoms with E-state index in [4.69, 9.17) is 0 Å². The molecule has 3 rings (SSSR count). The molecular weight excluding hydrogens is 320 g/mol. The number of nitrogens with one attached hydrogen (secondary N) is 2. The lowest BCUT2D eigenvalue weighted by Crippen LogP contribution is -2.34. The molecule has 0 fully saturated rings. The zero-order chi connectivity index (χ0) is 16.9. The molecule has 3 aromatic rings.